The van der Waals surface area contributed by atoms with Crippen molar-refractivity contribution in [2.75, 3.05) is 11.1 Å². The zero-order chi connectivity index (χ0) is 20.0. The molecule has 0 atom stereocenters. The molecular formula is C23H24N4O2. The van der Waals surface area contributed by atoms with Crippen LogP contribution in [0.1, 0.15) is 37.7 Å². The topological polar surface area (TPSA) is 85.6 Å². The number of para-hydroxylation sites is 1. The van der Waals surface area contributed by atoms with Crippen molar-refractivity contribution in [1.29, 1.82) is 0 Å². The molecule has 6 heteroatoms. The molecule has 1 saturated carbocycles. The van der Waals surface area contributed by atoms with E-state index in [4.69, 9.17) is 15.1 Å². The molecule has 5 rings (SSSR count). The predicted octanol–water partition coefficient (Wildman–Crippen LogP) is 4.74. The van der Waals surface area contributed by atoms with Crippen molar-refractivity contribution in [3.8, 4) is 11.3 Å². The quantitative estimate of drug-likeness (QED) is 0.529. The number of pyridine rings is 1. The summed E-state index contributed by atoms with van der Waals surface area (Å²) in [6, 6.07) is 11.5. The highest BCUT2D eigenvalue weighted by atomic mass is 16.3. The molecule has 0 amide bonds. The largest absolute Gasteiger partial charge is 0.440 e. The molecule has 0 unspecified atom stereocenters. The number of aromatic nitrogens is 2. The molecule has 0 radical (unpaired) electrons. The number of hydrogen-bond acceptors (Lipinski definition) is 5. The van der Waals surface area contributed by atoms with Crippen LogP contribution in [0.25, 0.3) is 27.9 Å². The number of nitrogens with two attached hydrogens (primary N) is 1. The van der Waals surface area contributed by atoms with Gasteiger partial charge in [-0.2, -0.15) is 0 Å². The van der Waals surface area contributed by atoms with Gasteiger partial charge >= 0.3 is 0 Å². The van der Waals surface area contributed by atoms with E-state index >= 15 is 0 Å². The maximum absolute atomic E-state index is 13.3. The van der Waals surface area contributed by atoms with Crippen LogP contribution in [0.4, 0.5) is 11.7 Å². The average molecular weight is 388 g/mol. The molecule has 6 nitrogen and oxygen atoms in total. The highest BCUT2D eigenvalue weighted by Gasteiger charge is 2.25. The molecule has 4 aromatic rings. The predicted molar refractivity (Wildman–Crippen MR) is 116 cm³/mol. The Bertz CT molecular complexity index is 1270. The first-order chi connectivity index (χ1) is 14.1. The minimum atomic E-state index is -0.155. The third kappa shape index (κ3) is 2.95. The lowest BCUT2D eigenvalue weighted by molar-refractivity contribution is 0.461. The number of fused-ring (bicyclic) bond motifs is 2. The summed E-state index contributed by atoms with van der Waals surface area (Å²) in [7, 11) is 0. The third-order valence-corrected chi connectivity index (χ3v) is 5.85. The second-order valence-corrected chi connectivity index (χ2v) is 7.84. The van der Waals surface area contributed by atoms with Gasteiger partial charge in [-0.05, 0) is 43.5 Å². The molecule has 1 fully saturated rings. The Morgan fingerprint density at radius 1 is 1.14 bits per heavy atom. The SMILES string of the molecule is Cc1cccn2c(NC3CCCCC3)c(-c3c(N)oc4ccccc4c3=O)nc12. The van der Waals surface area contributed by atoms with Gasteiger partial charge in [-0.25, -0.2) is 4.98 Å². The summed E-state index contributed by atoms with van der Waals surface area (Å²) in [5.41, 5.74) is 9.30. The number of rotatable bonds is 3. The summed E-state index contributed by atoms with van der Waals surface area (Å²) in [5.74, 6) is 0.909. The highest BCUT2D eigenvalue weighted by Crippen LogP contribution is 2.34. The first-order valence-corrected chi connectivity index (χ1v) is 10.2. The smallest absolute Gasteiger partial charge is 0.204 e. The van der Waals surface area contributed by atoms with Gasteiger partial charge in [-0.1, -0.05) is 37.5 Å². The Morgan fingerprint density at radius 3 is 2.76 bits per heavy atom. The van der Waals surface area contributed by atoms with E-state index in [9.17, 15) is 4.79 Å². The molecule has 3 aromatic heterocycles. The van der Waals surface area contributed by atoms with Gasteiger partial charge in [0.15, 0.2) is 0 Å². The Kier molecular flexibility index (Phi) is 4.27. The number of nitrogen functional groups attached to an aromatic ring is 1. The number of nitrogens with zero attached hydrogens (tertiary/aromatic N) is 2. The van der Waals surface area contributed by atoms with Crippen LogP contribution >= 0.6 is 0 Å². The second kappa shape index (κ2) is 6.95. The molecule has 1 aliphatic carbocycles. The number of nitrogens with one attached hydrogen (secondary N) is 1. The van der Waals surface area contributed by atoms with Crippen molar-refractivity contribution >= 4 is 28.3 Å². The average Bonchev–Trinajstić information content (AvgIpc) is 3.08. The van der Waals surface area contributed by atoms with E-state index < -0.39 is 0 Å². The standard InChI is InChI=1S/C23H24N4O2/c1-14-8-7-13-27-22(14)26-19(23(27)25-15-9-3-2-4-10-15)18-20(28)16-11-5-6-12-17(16)29-21(18)24/h5-8,11-13,15,25H,2-4,9-10,24H2,1H3. The summed E-state index contributed by atoms with van der Waals surface area (Å²) >= 11 is 0. The normalized spacial score (nSPS) is 15.2. The lowest BCUT2D eigenvalue weighted by atomic mass is 9.95. The highest BCUT2D eigenvalue weighted by molar-refractivity contribution is 5.89. The Hall–Kier alpha value is -3.28. The van der Waals surface area contributed by atoms with E-state index in [1.807, 2.05) is 41.8 Å². The minimum Gasteiger partial charge on any atom is -0.440 e. The van der Waals surface area contributed by atoms with Crippen molar-refractivity contribution in [2.45, 2.75) is 45.1 Å². The fourth-order valence-electron chi connectivity index (χ4n) is 4.34. The first kappa shape index (κ1) is 17.8. The minimum absolute atomic E-state index is 0.0986. The molecule has 29 heavy (non-hydrogen) atoms. The molecule has 1 aromatic carbocycles. The monoisotopic (exact) mass is 388 g/mol. The van der Waals surface area contributed by atoms with Crippen molar-refractivity contribution < 1.29 is 4.42 Å². The van der Waals surface area contributed by atoms with E-state index in [2.05, 4.69) is 5.32 Å². The van der Waals surface area contributed by atoms with Gasteiger partial charge in [0, 0.05) is 12.2 Å². The molecule has 3 heterocycles. The van der Waals surface area contributed by atoms with Crippen LogP contribution in [0.3, 0.4) is 0 Å². The van der Waals surface area contributed by atoms with Gasteiger partial charge in [0.25, 0.3) is 0 Å². The van der Waals surface area contributed by atoms with E-state index in [-0.39, 0.29) is 11.3 Å². The summed E-state index contributed by atoms with van der Waals surface area (Å²) in [6.07, 6.45) is 7.90. The fraction of sp³-hybridized carbons (Fsp3) is 0.304. The summed E-state index contributed by atoms with van der Waals surface area (Å²) in [6.45, 7) is 2.02. The van der Waals surface area contributed by atoms with Gasteiger partial charge in [-0.15, -0.1) is 0 Å². The molecule has 0 aliphatic heterocycles. The van der Waals surface area contributed by atoms with E-state index in [1.54, 1.807) is 12.1 Å². The third-order valence-electron chi connectivity index (χ3n) is 5.85. The summed E-state index contributed by atoms with van der Waals surface area (Å²) in [4.78, 5) is 18.2. The molecule has 0 spiro atoms. The van der Waals surface area contributed by atoms with Gasteiger partial charge in [0.2, 0.25) is 11.3 Å². The van der Waals surface area contributed by atoms with Gasteiger partial charge in [0.05, 0.1) is 5.39 Å². The molecular weight excluding hydrogens is 364 g/mol. The Labute approximate surface area is 168 Å². The number of anilines is 2. The zero-order valence-electron chi connectivity index (χ0n) is 16.4. The second-order valence-electron chi connectivity index (χ2n) is 7.84. The van der Waals surface area contributed by atoms with Gasteiger partial charge in [0.1, 0.15) is 28.3 Å². The van der Waals surface area contributed by atoms with Crippen molar-refractivity contribution in [3.63, 3.8) is 0 Å². The lowest BCUT2D eigenvalue weighted by Gasteiger charge is -2.24. The van der Waals surface area contributed by atoms with Crippen LogP contribution in [-0.2, 0) is 0 Å². The van der Waals surface area contributed by atoms with Crippen molar-refractivity contribution in [3.05, 3.63) is 58.4 Å². The van der Waals surface area contributed by atoms with Crippen LogP contribution in [0.5, 0.6) is 0 Å². The first-order valence-electron chi connectivity index (χ1n) is 10.2. The molecule has 1 aliphatic rings. The molecule has 3 N–H and O–H groups in total. The van der Waals surface area contributed by atoms with Crippen LogP contribution in [-0.4, -0.2) is 15.4 Å². The number of benzene rings is 1. The fourth-order valence-corrected chi connectivity index (χ4v) is 4.34. The van der Waals surface area contributed by atoms with Gasteiger partial charge < -0.3 is 15.5 Å². The van der Waals surface area contributed by atoms with Crippen LogP contribution in [0.15, 0.2) is 51.8 Å². The van der Waals surface area contributed by atoms with Crippen molar-refractivity contribution in [1.82, 2.24) is 9.38 Å². The van der Waals surface area contributed by atoms with Crippen LogP contribution < -0.4 is 16.5 Å². The van der Waals surface area contributed by atoms with E-state index in [0.29, 0.717) is 28.3 Å². The van der Waals surface area contributed by atoms with E-state index in [1.165, 1.54) is 19.3 Å². The van der Waals surface area contributed by atoms with Gasteiger partial charge in [-0.3, -0.25) is 9.20 Å². The van der Waals surface area contributed by atoms with E-state index in [0.717, 1.165) is 29.9 Å². The van der Waals surface area contributed by atoms with Crippen LogP contribution in [0, 0.1) is 6.92 Å². The summed E-state index contributed by atoms with van der Waals surface area (Å²) < 4.78 is 7.82. The van der Waals surface area contributed by atoms with Crippen molar-refractivity contribution in [2.24, 2.45) is 0 Å². The summed E-state index contributed by atoms with van der Waals surface area (Å²) in [5, 5.41) is 4.17. The maximum atomic E-state index is 13.3. The zero-order valence-corrected chi connectivity index (χ0v) is 16.4. The Morgan fingerprint density at radius 2 is 1.93 bits per heavy atom. The molecule has 148 valence electrons. The molecule has 0 saturated heterocycles. The number of imidazole rings is 1. The molecule has 0 bridgehead atoms. The van der Waals surface area contributed by atoms with Crippen LogP contribution in [0.2, 0.25) is 0 Å². The lowest BCUT2D eigenvalue weighted by Crippen LogP contribution is -2.23. The number of aryl methyl sites for hydroxylation is 1. The maximum Gasteiger partial charge on any atom is 0.204 e. The number of hydrogen-bond donors (Lipinski definition) is 2. The Balaban J connectivity index is 1.76.